The summed E-state index contributed by atoms with van der Waals surface area (Å²) in [7, 11) is 0. The van der Waals surface area contributed by atoms with Crippen LogP contribution in [0.15, 0.2) is 29.8 Å². The van der Waals surface area contributed by atoms with Crippen LogP contribution in [0.4, 0.5) is 0 Å². The largest absolute Gasteiger partial charge is 0.494 e. The molecule has 4 aliphatic carbocycles. The fourth-order valence-electron chi connectivity index (χ4n) is 8.12. The van der Waals surface area contributed by atoms with Gasteiger partial charge in [0.1, 0.15) is 5.75 Å². The zero-order chi connectivity index (χ0) is 20.9. The summed E-state index contributed by atoms with van der Waals surface area (Å²) in [4.78, 5) is 13.6. The van der Waals surface area contributed by atoms with Crippen LogP contribution in [0.5, 0.6) is 5.75 Å². The average molecular weight is 407 g/mol. The third-order valence-corrected chi connectivity index (χ3v) is 9.76. The summed E-state index contributed by atoms with van der Waals surface area (Å²) in [6.07, 6.45) is 14.0. The molecule has 4 aliphatic rings. The maximum absolute atomic E-state index is 13.6. The van der Waals surface area contributed by atoms with E-state index in [9.17, 15) is 4.79 Å². The Hall–Kier alpha value is -1.57. The normalized spacial score (nSPS) is 41.8. The van der Waals surface area contributed by atoms with Gasteiger partial charge in [0.15, 0.2) is 5.78 Å². The Morgan fingerprint density at radius 2 is 1.80 bits per heavy atom. The van der Waals surface area contributed by atoms with Crippen LogP contribution in [0, 0.1) is 34.5 Å². The molecule has 0 amide bonds. The first-order chi connectivity index (χ1) is 14.5. The van der Waals surface area contributed by atoms with Crippen LogP contribution in [-0.2, 0) is 4.79 Å². The van der Waals surface area contributed by atoms with Crippen molar-refractivity contribution < 1.29 is 9.53 Å². The van der Waals surface area contributed by atoms with E-state index < -0.39 is 0 Å². The molecule has 0 saturated heterocycles. The van der Waals surface area contributed by atoms with Crippen molar-refractivity contribution in [2.24, 2.45) is 34.5 Å². The van der Waals surface area contributed by atoms with Crippen LogP contribution >= 0.6 is 0 Å². The molecule has 0 bridgehead atoms. The van der Waals surface area contributed by atoms with E-state index in [-0.39, 0.29) is 5.41 Å². The predicted molar refractivity (Wildman–Crippen MR) is 122 cm³/mol. The van der Waals surface area contributed by atoms with E-state index in [1.165, 1.54) is 44.9 Å². The lowest BCUT2D eigenvalue weighted by molar-refractivity contribution is -0.137. The van der Waals surface area contributed by atoms with Gasteiger partial charge in [-0.15, -0.1) is 0 Å². The first-order valence-corrected chi connectivity index (χ1v) is 12.4. The second-order valence-electron chi connectivity index (χ2n) is 11.1. The molecule has 0 aliphatic heterocycles. The maximum Gasteiger partial charge on any atom is 0.165 e. The van der Waals surface area contributed by atoms with Crippen LogP contribution in [0.3, 0.4) is 0 Å². The fraction of sp³-hybridized carbons (Fsp3) is 0.679. The summed E-state index contributed by atoms with van der Waals surface area (Å²) >= 11 is 0. The van der Waals surface area contributed by atoms with Crippen molar-refractivity contribution >= 4 is 11.9 Å². The zero-order valence-corrected chi connectivity index (χ0v) is 19.1. The Morgan fingerprint density at radius 1 is 1.00 bits per heavy atom. The Balaban J connectivity index is 1.41. The van der Waals surface area contributed by atoms with Crippen LogP contribution in [0.2, 0.25) is 0 Å². The summed E-state index contributed by atoms with van der Waals surface area (Å²) in [5, 5.41) is 0. The van der Waals surface area contributed by atoms with E-state index in [1.54, 1.807) is 0 Å². The number of carbonyl (C=O) groups excluding carboxylic acids is 1. The molecule has 2 heteroatoms. The highest BCUT2D eigenvalue weighted by Crippen LogP contribution is 2.66. The summed E-state index contributed by atoms with van der Waals surface area (Å²) in [5.41, 5.74) is 2.61. The SMILES string of the molecule is CCOc1ccc(/C=C2\CC3C4CCC5CCCC[C@]5(C)C4CC[C@]3(C)C2=O)cc1. The van der Waals surface area contributed by atoms with Crippen molar-refractivity contribution in [2.45, 2.75) is 78.6 Å². The van der Waals surface area contributed by atoms with Crippen molar-refractivity contribution in [1.29, 1.82) is 0 Å². The van der Waals surface area contributed by atoms with E-state index >= 15 is 0 Å². The topological polar surface area (TPSA) is 26.3 Å². The molecule has 0 heterocycles. The Bertz CT molecular complexity index is 837. The molecule has 2 nitrogen and oxygen atoms in total. The molecule has 0 N–H and O–H groups in total. The lowest BCUT2D eigenvalue weighted by Gasteiger charge is -2.59. The van der Waals surface area contributed by atoms with E-state index in [4.69, 9.17) is 4.74 Å². The number of allylic oxidation sites excluding steroid dienone is 1. The van der Waals surface area contributed by atoms with Gasteiger partial charge in [-0.1, -0.05) is 38.8 Å². The molecule has 162 valence electrons. The molecule has 1 aromatic carbocycles. The van der Waals surface area contributed by atoms with E-state index in [1.807, 2.05) is 19.1 Å². The molecule has 0 radical (unpaired) electrons. The minimum absolute atomic E-state index is 0.129. The Kier molecular flexibility index (Phi) is 5.11. The molecule has 30 heavy (non-hydrogen) atoms. The number of Topliss-reactive ketones (excluding diaryl/α,β-unsaturated/α-hetero) is 1. The quantitative estimate of drug-likeness (QED) is 0.501. The molecule has 5 rings (SSSR count). The van der Waals surface area contributed by atoms with Gasteiger partial charge in [-0.3, -0.25) is 4.79 Å². The van der Waals surface area contributed by atoms with Gasteiger partial charge in [-0.25, -0.2) is 0 Å². The maximum atomic E-state index is 13.6. The number of hydrogen-bond acceptors (Lipinski definition) is 2. The minimum atomic E-state index is -0.129. The number of rotatable bonds is 3. The first-order valence-electron chi connectivity index (χ1n) is 12.4. The third kappa shape index (κ3) is 3.09. The van der Waals surface area contributed by atoms with Gasteiger partial charge in [-0.05, 0) is 110 Å². The Labute approximate surface area is 182 Å². The first kappa shape index (κ1) is 20.3. The summed E-state index contributed by atoms with van der Waals surface area (Å²) in [5.74, 6) is 4.42. The standard InChI is InChI=1S/C28H38O2/c1-4-30-22-11-8-19(9-12-22)17-20-18-25-23-13-10-21-7-5-6-15-27(21,2)24(23)14-16-28(25,3)26(20)29/h8-9,11-12,17,21,23-25H,4-7,10,13-16,18H2,1-3H3/b20-17+/t21?,23?,24?,25?,27-,28-/m0/s1. The lowest BCUT2D eigenvalue weighted by Crippen LogP contribution is -2.52. The molecule has 1 aromatic rings. The van der Waals surface area contributed by atoms with Crippen molar-refractivity contribution in [2.75, 3.05) is 6.61 Å². The average Bonchev–Trinajstić information content (AvgIpc) is 3.00. The van der Waals surface area contributed by atoms with Gasteiger partial charge in [0, 0.05) is 5.41 Å². The number of ether oxygens (including phenoxy) is 1. The number of ketones is 1. The fourth-order valence-corrected chi connectivity index (χ4v) is 8.12. The van der Waals surface area contributed by atoms with Crippen molar-refractivity contribution in [1.82, 2.24) is 0 Å². The predicted octanol–water partition coefficient (Wildman–Crippen LogP) is 7.08. The van der Waals surface area contributed by atoms with Crippen molar-refractivity contribution in [3.05, 3.63) is 35.4 Å². The van der Waals surface area contributed by atoms with Crippen molar-refractivity contribution in [3.63, 3.8) is 0 Å². The molecular formula is C28H38O2. The van der Waals surface area contributed by atoms with Gasteiger partial charge < -0.3 is 4.74 Å². The summed E-state index contributed by atoms with van der Waals surface area (Å²) in [6, 6.07) is 8.22. The van der Waals surface area contributed by atoms with E-state index in [0.29, 0.717) is 23.7 Å². The second kappa shape index (κ2) is 7.53. The number of benzene rings is 1. The molecule has 4 unspecified atom stereocenters. The van der Waals surface area contributed by atoms with E-state index in [0.717, 1.165) is 47.5 Å². The van der Waals surface area contributed by atoms with Gasteiger partial charge in [-0.2, -0.15) is 0 Å². The third-order valence-electron chi connectivity index (χ3n) is 9.76. The molecule has 0 spiro atoms. The molecule has 6 atom stereocenters. The Morgan fingerprint density at radius 3 is 2.57 bits per heavy atom. The highest BCUT2D eigenvalue weighted by atomic mass is 16.5. The minimum Gasteiger partial charge on any atom is -0.494 e. The molecule has 4 saturated carbocycles. The van der Waals surface area contributed by atoms with Crippen molar-refractivity contribution in [3.8, 4) is 5.75 Å². The van der Waals surface area contributed by atoms with Crippen LogP contribution < -0.4 is 4.74 Å². The number of fused-ring (bicyclic) bond motifs is 5. The van der Waals surface area contributed by atoms with Gasteiger partial charge >= 0.3 is 0 Å². The lowest BCUT2D eigenvalue weighted by atomic mass is 9.45. The number of hydrogen-bond donors (Lipinski definition) is 0. The van der Waals surface area contributed by atoms with E-state index in [2.05, 4.69) is 32.1 Å². The highest BCUT2D eigenvalue weighted by molar-refractivity contribution is 6.05. The molecule has 4 fully saturated rings. The highest BCUT2D eigenvalue weighted by Gasteiger charge is 2.60. The zero-order valence-electron chi connectivity index (χ0n) is 19.1. The molecular weight excluding hydrogens is 368 g/mol. The van der Waals surface area contributed by atoms with Gasteiger partial charge in [0.2, 0.25) is 0 Å². The monoisotopic (exact) mass is 406 g/mol. The smallest absolute Gasteiger partial charge is 0.165 e. The molecule has 0 aromatic heterocycles. The van der Waals surface area contributed by atoms with Crippen LogP contribution in [-0.4, -0.2) is 12.4 Å². The summed E-state index contributed by atoms with van der Waals surface area (Å²) < 4.78 is 5.57. The summed E-state index contributed by atoms with van der Waals surface area (Å²) in [6.45, 7) is 7.60. The van der Waals surface area contributed by atoms with Crippen LogP contribution in [0.25, 0.3) is 6.08 Å². The van der Waals surface area contributed by atoms with Crippen LogP contribution in [0.1, 0.15) is 84.1 Å². The van der Waals surface area contributed by atoms with Gasteiger partial charge in [0.25, 0.3) is 0 Å². The second-order valence-corrected chi connectivity index (χ2v) is 11.1. The van der Waals surface area contributed by atoms with Gasteiger partial charge in [0.05, 0.1) is 6.61 Å². The number of carbonyl (C=O) groups is 1.